The smallest absolute Gasteiger partial charge is 0.176 e. The Bertz CT molecular complexity index is 1110. The molecule has 0 spiro atoms. The molecule has 168 valence electrons. The van der Waals surface area contributed by atoms with Crippen LogP contribution in [0.5, 0.6) is 11.5 Å². The van der Waals surface area contributed by atoms with E-state index in [1.165, 1.54) is 6.33 Å². The minimum atomic E-state index is 0.0870. The highest BCUT2D eigenvalue weighted by molar-refractivity contribution is 9.10. The number of aromatic nitrogens is 2. The molecule has 3 aromatic rings. The van der Waals surface area contributed by atoms with Crippen molar-refractivity contribution in [3.05, 3.63) is 47.2 Å². The Hall–Kier alpha value is -2.49. The first-order chi connectivity index (χ1) is 15.5. The van der Waals surface area contributed by atoms with Crippen LogP contribution in [-0.4, -0.2) is 41.4 Å². The molecule has 9 heteroatoms. The van der Waals surface area contributed by atoms with E-state index in [2.05, 4.69) is 48.8 Å². The number of rotatable bonds is 6. The lowest BCUT2D eigenvalue weighted by atomic mass is 9.93. The van der Waals surface area contributed by atoms with Crippen LogP contribution in [0.15, 0.2) is 47.2 Å². The number of nitrogens with one attached hydrogen (secondary N) is 3. The number of fused-ring (bicyclic) bond motifs is 1. The summed E-state index contributed by atoms with van der Waals surface area (Å²) in [7, 11) is 1.64. The van der Waals surface area contributed by atoms with E-state index >= 15 is 0 Å². The molecule has 0 bridgehead atoms. The fraction of sp³-hybridized carbons (Fsp3) is 0.348. The second-order valence-electron chi connectivity index (χ2n) is 7.71. The number of hydrogen-bond donors (Lipinski definition) is 3. The van der Waals surface area contributed by atoms with Gasteiger partial charge in [-0.2, -0.15) is 0 Å². The average Bonchev–Trinajstić information content (AvgIpc) is 2.81. The summed E-state index contributed by atoms with van der Waals surface area (Å²) in [5, 5.41) is 11.0. The number of ether oxygens (including phenoxy) is 2. The Labute approximate surface area is 201 Å². The van der Waals surface area contributed by atoms with E-state index in [4.69, 9.17) is 21.7 Å². The van der Waals surface area contributed by atoms with Crippen LogP contribution >= 0.6 is 28.1 Å². The van der Waals surface area contributed by atoms with E-state index in [9.17, 15) is 0 Å². The Morgan fingerprint density at radius 1 is 1.16 bits per heavy atom. The van der Waals surface area contributed by atoms with Crippen LogP contribution in [-0.2, 0) is 0 Å². The quantitative estimate of drug-likeness (QED) is 0.396. The zero-order chi connectivity index (χ0) is 22.5. The van der Waals surface area contributed by atoms with Gasteiger partial charge in [0.15, 0.2) is 16.6 Å². The van der Waals surface area contributed by atoms with Crippen molar-refractivity contribution in [1.29, 1.82) is 0 Å². The summed E-state index contributed by atoms with van der Waals surface area (Å²) < 4.78 is 12.9. The summed E-state index contributed by atoms with van der Waals surface area (Å²) in [6, 6.07) is 11.6. The molecule has 1 aromatic heterocycles. The molecule has 2 heterocycles. The maximum absolute atomic E-state index is 6.32. The van der Waals surface area contributed by atoms with Crippen LogP contribution in [0, 0.1) is 5.92 Å². The van der Waals surface area contributed by atoms with Crippen molar-refractivity contribution in [3.8, 4) is 11.5 Å². The standard InChI is InChI=1S/C23H26BrN5O2S/c1-14(15-7-9-25-10-8-15)31-21-12-19-16(11-20(21)30-2)22(27-13-26-19)29-23(32)28-18-6-4-3-5-17(18)24/h3-6,11-15,25H,7-10H2,1-2H3,(H2,26,27,28,29,32). The number of anilines is 2. The van der Waals surface area contributed by atoms with Crippen LogP contribution in [0.25, 0.3) is 10.9 Å². The largest absolute Gasteiger partial charge is 0.493 e. The number of benzene rings is 2. The third kappa shape index (κ3) is 5.28. The third-order valence-electron chi connectivity index (χ3n) is 5.64. The summed E-state index contributed by atoms with van der Waals surface area (Å²) in [6.07, 6.45) is 3.81. The number of methoxy groups -OCH3 is 1. The van der Waals surface area contributed by atoms with Gasteiger partial charge >= 0.3 is 0 Å². The Balaban J connectivity index is 1.56. The molecule has 1 aliphatic rings. The van der Waals surface area contributed by atoms with Gasteiger partial charge in [-0.15, -0.1) is 0 Å². The van der Waals surface area contributed by atoms with Crippen molar-refractivity contribution in [2.75, 3.05) is 30.8 Å². The molecule has 1 unspecified atom stereocenters. The number of hydrogen-bond acceptors (Lipinski definition) is 6. The van der Waals surface area contributed by atoms with Gasteiger partial charge in [-0.25, -0.2) is 9.97 Å². The van der Waals surface area contributed by atoms with E-state index in [-0.39, 0.29) is 6.10 Å². The van der Waals surface area contributed by atoms with E-state index in [0.717, 1.165) is 47.0 Å². The molecule has 3 N–H and O–H groups in total. The zero-order valence-electron chi connectivity index (χ0n) is 18.0. The lowest BCUT2D eigenvalue weighted by Gasteiger charge is -2.29. The van der Waals surface area contributed by atoms with Crippen LogP contribution in [0.1, 0.15) is 19.8 Å². The van der Waals surface area contributed by atoms with Crippen molar-refractivity contribution in [2.24, 2.45) is 5.92 Å². The van der Waals surface area contributed by atoms with Crippen LogP contribution in [0.2, 0.25) is 0 Å². The van der Waals surface area contributed by atoms with Gasteiger partial charge in [0.25, 0.3) is 0 Å². The number of piperidine rings is 1. The maximum atomic E-state index is 6.32. The molecule has 1 fully saturated rings. The molecule has 2 aromatic carbocycles. The first kappa shape index (κ1) is 22.7. The minimum Gasteiger partial charge on any atom is -0.493 e. The highest BCUT2D eigenvalue weighted by Crippen LogP contribution is 2.36. The molecular weight excluding hydrogens is 490 g/mol. The van der Waals surface area contributed by atoms with Gasteiger partial charge in [0.2, 0.25) is 0 Å². The van der Waals surface area contributed by atoms with Crippen molar-refractivity contribution < 1.29 is 9.47 Å². The summed E-state index contributed by atoms with van der Waals surface area (Å²) in [5.41, 5.74) is 1.61. The molecular formula is C23H26BrN5O2S. The van der Waals surface area contributed by atoms with Gasteiger partial charge in [0.1, 0.15) is 12.1 Å². The molecule has 1 aliphatic heterocycles. The molecule has 0 aliphatic carbocycles. The molecule has 7 nitrogen and oxygen atoms in total. The Morgan fingerprint density at radius 3 is 2.69 bits per heavy atom. The van der Waals surface area contributed by atoms with Crippen LogP contribution in [0.4, 0.5) is 11.5 Å². The number of nitrogens with zero attached hydrogens (tertiary/aromatic N) is 2. The fourth-order valence-corrected chi connectivity index (χ4v) is 4.44. The highest BCUT2D eigenvalue weighted by atomic mass is 79.9. The van der Waals surface area contributed by atoms with Crippen molar-refractivity contribution in [2.45, 2.75) is 25.9 Å². The molecule has 4 rings (SSSR count). The summed E-state index contributed by atoms with van der Waals surface area (Å²) >= 11 is 9.01. The van der Waals surface area contributed by atoms with Crippen molar-refractivity contribution in [3.63, 3.8) is 0 Å². The summed E-state index contributed by atoms with van der Waals surface area (Å²) in [4.78, 5) is 8.82. The molecule has 0 saturated carbocycles. The molecule has 1 saturated heterocycles. The van der Waals surface area contributed by atoms with Gasteiger partial charge in [0.05, 0.1) is 24.4 Å². The third-order valence-corrected chi connectivity index (χ3v) is 6.53. The second-order valence-corrected chi connectivity index (χ2v) is 8.97. The monoisotopic (exact) mass is 515 g/mol. The lowest BCUT2D eigenvalue weighted by molar-refractivity contribution is 0.124. The number of thiocarbonyl (C=S) groups is 1. The Morgan fingerprint density at radius 2 is 1.94 bits per heavy atom. The fourth-order valence-electron chi connectivity index (χ4n) is 3.85. The normalized spacial score (nSPS) is 15.2. The topological polar surface area (TPSA) is 80.3 Å². The van der Waals surface area contributed by atoms with Crippen LogP contribution < -0.4 is 25.4 Å². The predicted octanol–water partition coefficient (Wildman–Crippen LogP) is 4.98. The van der Waals surface area contributed by atoms with Gasteiger partial charge < -0.3 is 25.4 Å². The summed E-state index contributed by atoms with van der Waals surface area (Å²) in [5.74, 6) is 2.43. The maximum Gasteiger partial charge on any atom is 0.176 e. The van der Waals surface area contributed by atoms with Crippen molar-refractivity contribution >= 4 is 55.7 Å². The van der Waals surface area contributed by atoms with Crippen molar-refractivity contribution in [1.82, 2.24) is 15.3 Å². The predicted molar refractivity (Wildman–Crippen MR) is 136 cm³/mol. The SMILES string of the molecule is COc1cc2c(NC(=S)Nc3ccccc3Br)ncnc2cc1OC(C)C1CCNCC1. The summed E-state index contributed by atoms with van der Waals surface area (Å²) in [6.45, 7) is 4.18. The van der Waals surface area contributed by atoms with Gasteiger partial charge in [-0.1, -0.05) is 12.1 Å². The average molecular weight is 516 g/mol. The Kier molecular flexibility index (Phi) is 7.39. The van der Waals surface area contributed by atoms with Crippen LogP contribution in [0.3, 0.4) is 0 Å². The van der Waals surface area contributed by atoms with Gasteiger partial charge in [-0.05, 0) is 85.1 Å². The van der Waals surface area contributed by atoms with Gasteiger partial charge in [-0.3, -0.25) is 0 Å². The van der Waals surface area contributed by atoms with E-state index in [1.54, 1.807) is 7.11 Å². The molecule has 0 radical (unpaired) electrons. The molecule has 32 heavy (non-hydrogen) atoms. The number of halogens is 1. The van der Waals surface area contributed by atoms with E-state index in [0.29, 0.717) is 28.3 Å². The lowest BCUT2D eigenvalue weighted by Crippen LogP contribution is -2.35. The molecule has 0 amide bonds. The molecule has 1 atom stereocenters. The zero-order valence-corrected chi connectivity index (χ0v) is 20.4. The first-order valence-electron chi connectivity index (χ1n) is 10.6. The van der Waals surface area contributed by atoms with Gasteiger partial charge in [0, 0.05) is 15.9 Å². The van der Waals surface area contributed by atoms with E-state index in [1.807, 2.05) is 36.4 Å². The van der Waals surface area contributed by atoms with E-state index < -0.39 is 0 Å². The highest BCUT2D eigenvalue weighted by Gasteiger charge is 2.23. The minimum absolute atomic E-state index is 0.0870. The first-order valence-corrected chi connectivity index (χ1v) is 11.8. The number of para-hydroxylation sites is 1. The second kappa shape index (κ2) is 10.4.